The summed E-state index contributed by atoms with van der Waals surface area (Å²) < 4.78 is 0. The van der Waals surface area contributed by atoms with E-state index in [1.165, 1.54) is 19.3 Å². The van der Waals surface area contributed by atoms with Crippen molar-refractivity contribution >= 4 is 23.2 Å². The van der Waals surface area contributed by atoms with Crippen molar-refractivity contribution in [3.05, 3.63) is 33.8 Å². The van der Waals surface area contributed by atoms with Crippen LogP contribution < -0.4 is 5.73 Å². The normalized spacial score (nSPS) is 29.0. The predicted molar refractivity (Wildman–Crippen MR) is 79.3 cm³/mol. The third-order valence-electron chi connectivity index (χ3n) is 4.10. The Balaban J connectivity index is 2.16. The molecule has 0 bridgehead atoms. The molecular formula is C15H21Cl2N. The first-order chi connectivity index (χ1) is 8.50. The van der Waals surface area contributed by atoms with Gasteiger partial charge < -0.3 is 5.73 Å². The van der Waals surface area contributed by atoms with Crippen LogP contribution in [-0.4, -0.2) is 5.54 Å². The van der Waals surface area contributed by atoms with Gasteiger partial charge in [0.2, 0.25) is 0 Å². The first-order valence-corrected chi connectivity index (χ1v) is 7.47. The van der Waals surface area contributed by atoms with Crippen molar-refractivity contribution < 1.29 is 0 Å². The van der Waals surface area contributed by atoms with Crippen LogP contribution in [0.15, 0.2) is 18.2 Å². The summed E-state index contributed by atoms with van der Waals surface area (Å²) in [6.45, 7) is 2.31. The number of hydrogen-bond donors (Lipinski definition) is 1. The average molecular weight is 286 g/mol. The van der Waals surface area contributed by atoms with Crippen molar-refractivity contribution in [2.75, 3.05) is 0 Å². The molecule has 1 saturated carbocycles. The van der Waals surface area contributed by atoms with Gasteiger partial charge in [-0.25, -0.2) is 0 Å². The fraction of sp³-hybridized carbons (Fsp3) is 0.600. The Morgan fingerprint density at radius 2 is 1.89 bits per heavy atom. The maximum atomic E-state index is 6.57. The molecule has 0 saturated heterocycles. The summed E-state index contributed by atoms with van der Waals surface area (Å²) in [6.07, 6.45) is 6.63. The van der Waals surface area contributed by atoms with Crippen molar-refractivity contribution in [2.24, 2.45) is 11.7 Å². The third kappa shape index (κ3) is 3.40. The topological polar surface area (TPSA) is 26.0 Å². The molecule has 1 aromatic carbocycles. The third-order valence-corrected chi connectivity index (χ3v) is 4.81. The largest absolute Gasteiger partial charge is 0.325 e. The standard InChI is InChI=1S/C15H21Cl2N/c1-11-4-3-8-15(18,9-7-11)10-12-13(16)5-2-6-14(12)17/h2,5-6,11H,3-4,7-10,18H2,1H3. The van der Waals surface area contributed by atoms with Gasteiger partial charge in [-0.3, -0.25) is 0 Å². The summed E-state index contributed by atoms with van der Waals surface area (Å²) in [5.41, 5.74) is 7.45. The Bertz CT molecular complexity index is 399. The van der Waals surface area contributed by atoms with Gasteiger partial charge in [0, 0.05) is 15.6 Å². The summed E-state index contributed by atoms with van der Waals surface area (Å²) in [4.78, 5) is 0. The Hall–Kier alpha value is -0.240. The summed E-state index contributed by atoms with van der Waals surface area (Å²) in [5, 5.41) is 1.48. The highest BCUT2D eigenvalue weighted by Crippen LogP contribution is 2.34. The second-order valence-corrected chi connectivity index (χ2v) is 6.59. The van der Waals surface area contributed by atoms with Gasteiger partial charge in [-0.05, 0) is 49.3 Å². The Kier molecular flexibility index (Phi) is 4.58. The van der Waals surface area contributed by atoms with E-state index in [0.29, 0.717) is 0 Å². The summed E-state index contributed by atoms with van der Waals surface area (Å²) >= 11 is 12.5. The number of hydrogen-bond acceptors (Lipinski definition) is 1. The van der Waals surface area contributed by atoms with Gasteiger partial charge in [-0.1, -0.05) is 49.0 Å². The van der Waals surface area contributed by atoms with E-state index < -0.39 is 0 Å². The molecule has 18 heavy (non-hydrogen) atoms. The van der Waals surface area contributed by atoms with Crippen LogP contribution in [0.4, 0.5) is 0 Å². The van der Waals surface area contributed by atoms with Crippen LogP contribution in [0.2, 0.25) is 10.0 Å². The molecule has 0 aromatic heterocycles. The van der Waals surface area contributed by atoms with Crippen molar-refractivity contribution in [1.29, 1.82) is 0 Å². The maximum absolute atomic E-state index is 6.57. The smallest absolute Gasteiger partial charge is 0.0453 e. The lowest BCUT2D eigenvalue weighted by molar-refractivity contribution is 0.363. The number of benzene rings is 1. The zero-order chi connectivity index (χ0) is 13.2. The molecule has 1 nitrogen and oxygen atoms in total. The summed E-state index contributed by atoms with van der Waals surface area (Å²) in [6, 6.07) is 5.67. The van der Waals surface area contributed by atoms with E-state index in [4.69, 9.17) is 28.9 Å². The second kappa shape index (κ2) is 5.81. The van der Waals surface area contributed by atoms with Crippen molar-refractivity contribution in [1.82, 2.24) is 0 Å². The monoisotopic (exact) mass is 285 g/mol. The molecule has 2 N–H and O–H groups in total. The first kappa shape index (κ1) is 14.2. The molecule has 1 aromatic rings. The van der Waals surface area contributed by atoms with E-state index in [0.717, 1.165) is 40.8 Å². The molecule has 0 amide bonds. The number of rotatable bonds is 2. The lowest BCUT2D eigenvalue weighted by Crippen LogP contribution is -2.41. The highest BCUT2D eigenvalue weighted by molar-refractivity contribution is 6.36. The molecule has 0 aliphatic heterocycles. The van der Waals surface area contributed by atoms with Crippen molar-refractivity contribution in [3.8, 4) is 0 Å². The molecular weight excluding hydrogens is 265 g/mol. The molecule has 2 rings (SSSR count). The van der Waals surface area contributed by atoms with Crippen LogP contribution in [0.3, 0.4) is 0 Å². The molecule has 2 unspecified atom stereocenters. The molecule has 3 heteroatoms. The first-order valence-electron chi connectivity index (χ1n) is 6.72. The van der Waals surface area contributed by atoms with E-state index in [-0.39, 0.29) is 5.54 Å². The molecule has 1 aliphatic rings. The van der Waals surface area contributed by atoms with Gasteiger partial charge in [0.05, 0.1) is 0 Å². The predicted octanol–water partition coefficient (Wildman–Crippen LogP) is 4.83. The minimum absolute atomic E-state index is 0.139. The molecule has 0 spiro atoms. The molecule has 2 atom stereocenters. The average Bonchev–Trinajstić information content (AvgIpc) is 2.47. The van der Waals surface area contributed by atoms with E-state index in [9.17, 15) is 0 Å². The van der Waals surface area contributed by atoms with E-state index in [1.807, 2.05) is 18.2 Å². The SMILES string of the molecule is CC1CCCC(N)(Cc2c(Cl)cccc2Cl)CC1. The highest BCUT2D eigenvalue weighted by Gasteiger charge is 2.29. The van der Waals surface area contributed by atoms with Gasteiger partial charge in [0.15, 0.2) is 0 Å². The zero-order valence-corrected chi connectivity index (χ0v) is 12.4. The van der Waals surface area contributed by atoms with E-state index >= 15 is 0 Å². The van der Waals surface area contributed by atoms with Crippen LogP contribution in [0, 0.1) is 5.92 Å². The van der Waals surface area contributed by atoms with Crippen LogP contribution >= 0.6 is 23.2 Å². The quantitative estimate of drug-likeness (QED) is 0.774. The van der Waals surface area contributed by atoms with E-state index in [1.54, 1.807) is 0 Å². The van der Waals surface area contributed by atoms with Crippen LogP contribution in [0.5, 0.6) is 0 Å². The molecule has 0 heterocycles. The zero-order valence-electron chi connectivity index (χ0n) is 10.9. The Morgan fingerprint density at radius 1 is 1.22 bits per heavy atom. The van der Waals surface area contributed by atoms with Crippen molar-refractivity contribution in [3.63, 3.8) is 0 Å². The minimum Gasteiger partial charge on any atom is -0.325 e. The lowest BCUT2D eigenvalue weighted by atomic mass is 9.84. The molecule has 1 fully saturated rings. The molecule has 1 aliphatic carbocycles. The van der Waals surface area contributed by atoms with Crippen molar-refractivity contribution in [2.45, 2.75) is 51.0 Å². The van der Waals surface area contributed by atoms with E-state index in [2.05, 4.69) is 6.92 Å². The summed E-state index contributed by atoms with van der Waals surface area (Å²) in [5.74, 6) is 0.789. The number of nitrogens with two attached hydrogens (primary N) is 1. The van der Waals surface area contributed by atoms with Gasteiger partial charge in [-0.2, -0.15) is 0 Å². The minimum atomic E-state index is -0.139. The fourth-order valence-electron chi connectivity index (χ4n) is 2.84. The second-order valence-electron chi connectivity index (χ2n) is 5.78. The molecule has 0 radical (unpaired) electrons. The van der Waals surface area contributed by atoms with Crippen LogP contribution in [0.25, 0.3) is 0 Å². The Labute approximate surface area is 120 Å². The van der Waals surface area contributed by atoms with Gasteiger partial charge >= 0.3 is 0 Å². The summed E-state index contributed by atoms with van der Waals surface area (Å²) in [7, 11) is 0. The Morgan fingerprint density at radius 3 is 2.56 bits per heavy atom. The highest BCUT2D eigenvalue weighted by atomic mass is 35.5. The van der Waals surface area contributed by atoms with Gasteiger partial charge in [-0.15, -0.1) is 0 Å². The number of halogens is 2. The fourth-order valence-corrected chi connectivity index (χ4v) is 3.37. The van der Waals surface area contributed by atoms with Gasteiger partial charge in [0.25, 0.3) is 0 Å². The lowest BCUT2D eigenvalue weighted by Gasteiger charge is -2.29. The van der Waals surface area contributed by atoms with Crippen LogP contribution in [-0.2, 0) is 6.42 Å². The maximum Gasteiger partial charge on any atom is 0.0453 e. The van der Waals surface area contributed by atoms with Crippen LogP contribution in [0.1, 0.15) is 44.6 Å². The van der Waals surface area contributed by atoms with Gasteiger partial charge in [0.1, 0.15) is 0 Å². The molecule has 100 valence electrons.